The first-order chi connectivity index (χ1) is 12.2. The summed E-state index contributed by atoms with van der Waals surface area (Å²) in [5.74, 6) is 0.109. The van der Waals surface area contributed by atoms with Crippen LogP contribution in [-0.4, -0.2) is 30.4 Å². The number of rotatable bonds is 3. The second kappa shape index (κ2) is 6.96. The fraction of sp³-hybridized carbons (Fsp3) is 0.381. The number of hydrogen-bond donors (Lipinski definition) is 0. The number of para-hydroxylation sites is 1. The van der Waals surface area contributed by atoms with Crippen LogP contribution in [0.4, 0.5) is 10.1 Å². The van der Waals surface area contributed by atoms with Gasteiger partial charge in [0, 0.05) is 25.3 Å². The third-order valence-electron chi connectivity index (χ3n) is 5.33. The average molecular weight is 338 g/mol. The lowest BCUT2D eigenvalue weighted by molar-refractivity contribution is -0.124. The predicted molar refractivity (Wildman–Crippen MR) is 96.9 cm³/mol. The van der Waals surface area contributed by atoms with Gasteiger partial charge >= 0.3 is 0 Å². The zero-order valence-electron chi connectivity index (χ0n) is 14.3. The van der Waals surface area contributed by atoms with Crippen LogP contribution < -0.4 is 4.90 Å². The maximum absolute atomic E-state index is 13.1. The molecule has 0 aromatic heterocycles. The van der Waals surface area contributed by atoms with Crippen LogP contribution in [0.1, 0.15) is 24.0 Å². The number of carbonyl (C=O) groups is 1. The first-order valence-corrected chi connectivity index (χ1v) is 9.07. The summed E-state index contributed by atoms with van der Waals surface area (Å²) >= 11 is 0. The Morgan fingerprint density at radius 2 is 1.88 bits per heavy atom. The fourth-order valence-corrected chi connectivity index (χ4v) is 4.04. The van der Waals surface area contributed by atoms with Crippen molar-refractivity contribution in [3.05, 3.63) is 65.5 Å². The van der Waals surface area contributed by atoms with Gasteiger partial charge < -0.3 is 4.90 Å². The Balaban J connectivity index is 1.43. The fourth-order valence-electron chi connectivity index (χ4n) is 4.04. The monoisotopic (exact) mass is 338 g/mol. The molecule has 0 N–H and O–H groups in total. The summed E-state index contributed by atoms with van der Waals surface area (Å²) in [5, 5.41) is 0. The summed E-state index contributed by atoms with van der Waals surface area (Å²) in [5.41, 5.74) is 3.46. The molecule has 3 nitrogen and oxygen atoms in total. The van der Waals surface area contributed by atoms with Gasteiger partial charge in [0.15, 0.2) is 0 Å². The summed E-state index contributed by atoms with van der Waals surface area (Å²) in [4.78, 5) is 17.3. The summed E-state index contributed by atoms with van der Waals surface area (Å²) in [7, 11) is 0. The van der Waals surface area contributed by atoms with Gasteiger partial charge in [-0.15, -0.1) is 0 Å². The molecule has 1 saturated heterocycles. The van der Waals surface area contributed by atoms with Crippen LogP contribution in [0.3, 0.4) is 0 Å². The second-order valence-electron chi connectivity index (χ2n) is 7.07. The predicted octanol–water partition coefficient (Wildman–Crippen LogP) is 3.63. The van der Waals surface area contributed by atoms with Gasteiger partial charge in [0.2, 0.25) is 5.91 Å². The minimum absolute atomic E-state index is 0.0559. The van der Waals surface area contributed by atoms with Gasteiger partial charge in [-0.3, -0.25) is 9.69 Å². The molecule has 0 saturated carbocycles. The molecule has 0 bridgehead atoms. The Bertz CT molecular complexity index is 759. The van der Waals surface area contributed by atoms with E-state index in [2.05, 4.69) is 17.0 Å². The molecule has 2 aliphatic heterocycles. The van der Waals surface area contributed by atoms with Crippen LogP contribution >= 0.6 is 0 Å². The highest BCUT2D eigenvalue weighted by Gasteiger charge is 2.32. The number of benzene rings is 2. The SMILES string of the molecule is O=C([C@H]1CCCN(Cc2ccc(F)cc2)C1)N1CCc2ccccc21. The van der Waals surface area contributed by atoms with Crippen LogP contribution in [0.15, 0.2) is 48.5 Å². The van der Waals surface area contributed by atoms with Gasteiger partial charge in [0.05, 0.1) is 5.92 Å². The summed E-state index contributed by atoms with van der Waals surface area (Å²) in [6, 6.07) is 14.9. The smallest absolute Gasteiger partial charge is 0.231 e. The van der Waals surface area contributed by atoms with E-state index < -0.39 is 0 Å². The highest BCUT2D eigenvalue weighted by atomic mass is 19.1. The van der Waals surface area contributed by atoms with Crippen molar-refractivity contribution in [3.8, 4) is 0 Å². The van der Waals surface area contributed by atoms with Gasteiger partial charge in [-0.1, -0.05) is 30.3 Å². The van der Waals surface area contributed by atoms with Gasteiger partial charge in [-0.05, 0) is 55.1 Å². The summed E-state index contributed by atoms with van der Waals surface area (Å²) < 4.78 is 13.1. The lowest BCUT2D eigenvalue weighted by Gasteiger charge is -2.34. The quantitative estimate of drug-likeness (QED) is 0.853. The second-order valence-corrected chi connectivity index (χ2v) is 7.07. The number of halogens is 1. The molecule has 0 aliphatic carbocycles. The van der Waals surface area contributed by atoms with Crippen molar-refractivity contribution in [2.75, 3.05) is 24.5 Å². The number of hydrogen-bond acceptors (Lipinski definition) is 2. The van der Waals surface area contributed by atoms with Crippen LogP contribution in [0.25, 0.3) is 0 Å². The molecule has 2 aromatic rings. The molecule has 4 heteroatoms. The Hall–Kier alpha value is -2.20. The maximum Gasteiger partial charge on any atom is 0.231 e. The number of nitrogens with zero attached hydrogens (tertiary/aromatic N) is 2. The van der Waals surface area contributed by atoms with Crippen molar-refractivity contribution in [1.82, 2.24) is 4.90 Å². The molecule has 25 heavy (non-hydrogen) atoms. The van der Waals surface area contributed by atoms with E-state index in [-0.39, 0.29) is 17.6 Å². The molecular weight excluding hydrogens is 315 g/mol. The Kier molecular flexibility index (Phi) is 4.53. The summed E-state index contributed by atoms with van der Waals surface area (Å²) in [6.07, 6.45) is 2.94. The van der Waals surface area contributed by atoms with E-state index in [1.165, 1.54) is 17.7 Å². The first kappa shape index (κ1) is 16.3. The van der Waals surface area contributed by atoms with E-state index in [4.69, 9.17) is 0 Å². The van der Waals surface area contributed by atoms with Crippen molar-refractivity contribution >= 4 is 11.6 Å². The van der Waals surface area contributed by atoms with Gasteiger partial charge in [0.25, 0.3) is 0 Å². The van der Waals surface area contributed by atoms with Gasteiger partial charge in [-0.25, -0.2) is 4.39 Å². The largest absolute Gasteiger partial charge is 0.312 e. The zero-order valence-corrected chi connectivity index (χ0v) is 14.3. The number of piperidine rings is 1. The Labute approximate surface area is 148 Å². The van der Waals surface area contributed by atoms with Crippen molar-refractivity contribution in [3.63, 3.8) is 0 Å². The molecule has 2 aliphatic rings. The number of likely N-dealkylation sites (tertiary alicyclic amines) is 1. The maximum atomic E-state index is 13.1. The number of amides is 1. The van der Waals surface area contributed by atoms with Crippen LogP contribution in [0, 0.1) is 11.7 Å². The Morgan fingerprint density at radius 1 is 1.08 bits per heavy atom. The average Bonchev–Trinajstić information content (AvgIpc) is 3.07. The van der Waals surface area contributed by atoms with E-state index in [9.17, 15) is 9.18 Å². The van der Waals surface area contributed by atoms with Crippen LogP contribution in [-0.2, 0) is 17.8 Å². The lowest BCUT2D eigenvalue weighted by atomic mass is 9.96. The normalized spacial score (nSPS) is 20.5. The molecule has 0 spiro atoms. The lowest BCUT2D eigenvalue weighted by Crippen LogP contribution is -2.44. The van der Waals surface area contributed by atoms with Crippen molar-refractivity contribution in [2.45, 2.75) is 25.8 Å². The Morgan fingerprint density at radius 3 is 2.72 bits per heavy atom. The van der Waals surface area contributed by atoms with Gasteiger partial charge in [0.1, 0.15) is 5.82 Å². The molecule has 1 atom stereocenters. The zero-order chi connectivity index (χ0) is 17.2. The van der Waals surface area contributed by atoms with E-state index in [1.54, 1.807) is 0 Å². The molecule has 2 heterocycles. The van der Waals surface area contributed by atoms with Gasteiger partial charge in [-0.2, -0.15) is 0 Å². The molecule has 4 rings (SSSR count). The standard InChI is InChI=1S/C21H23FN2O/c22-19-9-7-16(8-10-19)14-23-12-3-5-18(15-23)21(25)24-13-11-17-4-1-2-6-20(17)24/h1-2,4,6-10,18H,3,5,11-15H2/t18-/m0/s1. The minimum Gasteiger partial charge on any atom is -0.312 e. The number of fused-ring (bicyclic) bond motifs is 1. The molecule has 0 radical (unpaired) electrons. The minimum atomic E-state index is -0.205. The van der Waals surface area contributed by atoms with Crippen LogP contribution in [0.5, 0.6) is 0 Å². The number of carbonyl (C=O) groups excluding carboxylic acids is 1. The molecular formula is C21H23FN2O. The van der Waals surface area contributed by atoms with E-state index >= 15 is 0 Å². The third kappa shape index (κ3) is 3.45. The topological polar surface area (TPSA) is 23.6 Å². The highest BCUT2D eigenvalue weighted by Crippen LogP contribution is 2.30. The van der Waals surface area contributed by atoms with Crippen molar-refractivity contribution in [2.24, 2.45) is 5.92 Å². The molecule has 1 amide bonds. The van der Waals surface area contributed by atoms with Crippen LogP contribution in [0.2, 0.25) is 0 Å². The molecule has 2 aromatic carbocycles. The molecule has 0 unspecified atom stereocenters. The molecule has 130 valence electrons. The summed E-state index contributed by atoms with van der Waals surface area (Å²) in [6.45, 7) is 3.36. The van der Waals surface area contributed by atoms with E-state index in [1.807, 2.05) is 29.2 Å². The van der Waals surface area contributed by atoms with Crippen molar-refractivity contribution < 1.29 is 9.18 Å². The van der Waals surface area contributed by atoms with E-state index in [0.29, 0.717) is 0 Å². The number of anilines is 1. The highest BCUT2D eigenvalue weighted by molar-refractivity contribution is 5.97. The third-order valence-corrected chi connectivity index (χ3v) is 5.33. The van der Waals surface area contributed by atoms with Crippen molar-refractivity contribution in [1.29, 1.82) is 0 Å². The first-order valence-electron chi connectivity index (χ1n) is 9.07. The molecule has 1 fully saturated rings. The van der Waals surface area contributed by atoms with E-state index in [0.717, 1.165) is 56.7 Å².